The quantitative estimate of drug-likeness (QED) is 0.156. The largest absolute Gasteiger partial charge is 0.456 e. The number of benzene rings is 8. The Kier molecular flexibility index (Phi) is 5.73. The number of rotatable bonds is 1. The maximum atomic E-state index is 6.60. The molecule has 2 aliphatic heterocycles. The van der Waals surface area contributed by atoms with Crippen molar-refractivity contribution in [3.05, 3.63) is 151 Å². The summed E-state index contributed by atoms with van der Waals surface area (Å²) in [7, 11) is 0. The minimum absolute atomic E-state index is 0.0364. The lowest BCUT2D eigenvalue weighted by Crippen LogP contribution is -2.60. The van der Waals surface area contributed by atoms with Gasteiger partial charge in [0.2, 0.25) is 0 Å². The van der Waals surface area contributed by atoms with Crippen molar-refractivity contribution >= 4 is 126 Å². The lowest BCUT2D eigenvalue weighted by molar-refractivity contribution is 0.590. The molecular formula is C52H33BN2O2S. The van der Waals surface area contributed by atoms with Crippen molar-refractivity contribution in [3.8, 4) is 16.8 Å². The summed E-state index contributed by atoms with van der Waals surface area (Å²) in [6.07, 6.45) is 0. The van der Waals surface area contributed by atoms with Crippen LogP contribution in [0.25, 0.3) is 103 Å². The SMILES string of the molecule is CC(C)(C)c1ccc(N2B3c4cc5sc6ccccc6c5cc4-n4c5cc6c(cc5c5ccc(c3c54)-c3cc4oc5ccccc5c4cc32)oc2ccccc26)cc1. The van der Waals surface area contributed by atoms with Gasteiger partial charge in [0, 0.05) is 75.1 Å². The Bertz CT molecular complexity index is 3800. The van der Waals surface area contributed by atoms with Gasteiger partial charge in [-0.25, -0.2) is 0 Å². The van der Waals surface area contributed by atoms with Crippen LogP contribution in [0.5, 0.6) is 0 Å². The van der Waals surface area contributed by atoms with Crippen LogP contribution in [-0.4, -0.2) is 11.4 Å². The van der Waals surface area contributed by atoms with E-state index in [1.807, 2.05) is 11.3 Å². The highest BCUT2D eigenvalue weighted by atomic mass is 32.1. The van der Waals surface area contributed by atoms with E-state index in [4.69, 9.17) is 8.83 Å². The molecule has 12 aromatic rings. The highest BCUT2D eigenvalue weighted by Gasteiger charge is 2.44. The third-order valence-corrected chi connectivity index (χ3v) is 14.2. The van der Waals surface area contributed by atoms with Gasteiger partial charge in [-0.2, -0.15) is 0 Å². The van der Waals surface area contributed by atoms with Crippen LogP contribution in [0.4, 0.5) is 11.4 Å². The standard InChI is InChI=1S/C52H33BN2O2S/c1-52(2,3)28-16-18-29(19-17-28)55-42-23-38-31-11-5-8-14-45(31)56-46(38)25-35(42)33-20-21-34-36-26-47-37(30-10-4-7-13-44(30)57-47)22-41(36)54-43-24-39-32-12-6-9-15-48(32)58-49(39)27-40(43)53(55)50(33)51(34)54/h4-27H,1-3H3. The molecule has 0 amide bonds. The molecule has 6 heterocycles. The van der Waals surface area contributed by atoms with Crippen molar-refractivity contribution in [1.82, 2.24) is 4.57 Å². The number of anilines is 2. The maximum absolute atomic E-state index is 6.60. The molecular weight excluding hydrogens is 727 g/mol. The van der Waals surface area contributed by atoms with E-state index in [1.54, 1.807) is 0 Å². The van der Waals surface area contributed by atoms with Crippen LogP contribution in [0.15, 0.2) is 154 Å². The average Bonchev–Trinajstić information content (AvgIpc) is 3.99. The van der Waals surface area contributed by atoms with Gasteiger partial charge >= 0.3 is 6.85 Å². The van der Waals surface area contributed by atoms with Crippen LogP contribution in [0, 0.1) is 0 Å². The average molecular weight is 761 g/mol. The molecule has 272 valence electrons. The molecule has 0 spiro atoms. The molecule has 8 aromatic carbocycles. The normalized spacial score (nSPS) is 13.7. The third-order valence-electron chi connectivity index (χ3n) is 13.1. The van der Waals surface area contributed by atoms with Gasteiger partial charge in [0.1, 0.15) is 22.3 Å². The predicted octanol–water partition coefficient (Wildman–Crippen LogP) is 13.5. The molecule has 0 radical (unpaired) electrons. The zero-order chi connectivity index (χ0) is 38.2. The smallest absolute Gasteiger partial charge is 0.333 e. The highest BCUT2D eigenvalue weighted by molar-refractivity contribution is 7.26. The van der Waals surface area contributed by atoms with Crippen LogP contribution in [0.1, 0.15) is 26.3 Å². The molecule has 58 heavy (non-hydrogen) atoms. The Labute approximate surface area is 337 Å². The van der Waals surface area contributed by atoms with Crippen molar-refractivity contribution in [2.24, 2.45) is 0 Å². The van der Waals surface area contributed by atoms with Gasteiger partial charge in [0.05, 0.1) is 11.0 Å². The monoisotopic (exact) mass is 760 g/mol. The molecule has 0 bridgehead atoms. The molecule has 0 N–H and O–H groups in total. The predicted molar refractivity (Wildman–Crippen MR) is 246 cm³/mol. The van der Waals surface area contributed by atoms with Crippen molar-refractivity contribution in [1.29, 1.82) is 0 Å². The Morgan fingerprint density at radius 1 is 0.500 bits per heavy atom. The number of thiophene rings is 1. The van der Waals surface area contributed by atoms with E-state index in [-0.39, 0.29) is 12.3 Å². The van der Waals surface area contributed by atoms with Gasteiger partial charge in [-0.3, -0.25) is 0 Å². The fourth-order valence-corrected chi connectivity index (χ4v) is 11.6. The van der Waals surface area contributed by atoms with Crippen LogP contribution < -0.4 is 15.7 Å². The number of fused-ring (bicyclic) bond motifs is 17. The van der Waals surface area contributed by atoms with Crippen LogP contribution in [-0.2, 0) is 5.41 Å². The second-order valence-corrected chi connectivity index (χ2v) is 18.3. The first kappa shape index (κ1) is 31.3. The first-order valence-corrected chi connectivity index (χ1v) is 20.9. The molecule has 4 aromatic heterocycles. The molecule has 0 aliphatic carbocycles. The van der Waals surface area contributed by atoms with Crippen molar-refractivity contribution in [3.63, 3.8) is 0 Å². The summed E-state index contributed by atoms with van der Waals surface area (Å²) in [4.78, 5) is 2.63. The third kappa shape index (κ3) is 3.91. The molecule has 0 unspecified atom stereocenters. The number of aromatic nitrogens is 1. The summed E-state index contributed by atoms with van der Waals surface area (Å²) < 4.78 is 18.3. The van der Waals surface area contributed by atoms with Crippen LogP contribution in [0.2, 0.25) is 0 Å². The summed E-state index contributed by atoms with van der Waals surface area (Å²) in [5.74, 6) is 0. The molecule has 2 aliphatic rings. The first-order chi connectivity index (χ1) is 28.4. The van der Waals surface area contributed by atoms with E-state index in [0.29, 0.717) is 0 Å². The summed E-state index contributed by atoms with van der Waals surface area (Å²) >= 11 is 1.89. The first-order valence-electron chi connectivity index (χ1n) is 20.1. The molecule has 0 fully saturated rings. The fraction of sp³-hybridized carbons (Fsp3) is 0.0769. The van der Waals surface area contributed by atoms with E-state index in [1.165, 1.54) is 86.7 Å². The van der Waals surface area contributed by atoms with Gasteiger partial charge in [-0.05, 0) is 94.2 Å². The minimum Gasteiger partial charge on any atom is -0.456 e. The minimum atomic E-state index is -0.0902. The van der Waals surface area contributed by atoms with Crippen molar-refractivity contribution in [2.75, 3.05) is 4.81 Å². The number of hydrogen-bond acceptors (Lipinski definition) is 4. The van der Waals surface area contributed by atoms with E-state index in [9.17, 15) is 0 Å². The Morgan fingerprint density at radius 2 is 1.17 bits per heavy atom. The highest BCUT2D eigenvalue weighted by Crippen LogP contribution is 2.49. The molecule has 4 nitrogen and oxygen atoms in total. The fourth-order valence-electron chi connectivity index (χ4n) is 10.4. The van der Waals surface area contributed by atoms with Gasteiger partial charge in [0.25, 0.3) is 0 Å². The molecule has 0 saturated carbocycles. The summed E-state index contributed by atoms with van der Waals surface area (Å²) in [5.41, 5.74) is 16.1. The second-order valence-electron chi connectivity index (χ2n) is 17.3. The molecule has 14 rings (SSSR count). The van der Waals surface area contributed by atoms with E-state index >= 15 is 0 Å². The van der Waals surface area contributed by atoms with Gasteiger partial charge in [-0.1, -0.05) is 99.6 Å². The summed E-state index contributed by atoms with van der Waals surface area (Å²) in [6.45, 7) is 6.78. The zero-order valence-corrected chi connectivity index (χ0v) is 32.9. The van der Waals surface area contributed by atoms with Crippen LogP contribution >= 0.6 is 11.3 Å². The zero-order valence-electron chi connectivity index (χ0n) is 32.1. The van der Waals surface area contributed by atoms with E-state index in [2.05, 4.69) is 176 Å². The number of hydrogen-bond donors (Lipinski definition) is 0. The van der Waals surface area contributed by atoms with Gasteiger partial charge in [-0.15, -0.1) is 11.3 Å². The van der Waals surface area contributed by atoms with Crippen molar-refractivity contribution < 1.29 is 8.83 Å². The second kappa shape index (κ2) is 10.6. The maximum Gasteiger partial charge on any atom is 0.333 e. The number of para-hydroxylation sites is 2. The van der Waals surface area contributed by atoms with Gasteiger partial charge in [0.15, 0.2) is 0 Å². The van der Waals surface area contributed by atoms with Crippen LogP contribution in [0.3, 0.4) is 0 Å². The molecule has 0 atom stereocenters. The summed E-state index contributed by atoms with van der Waals surface area (Å²) in [6, 6.07) is 54.1. The molecule has 0 saturated heterocycles. The Hall–Kier alpha value is -6.76. The summed E-state index contributed by atoms with van der Waals surface area (Å²) in [5, 5.41) is 9.59. The lowest BCUT2D eigenvalue weighted by Gasteiger charge is -2.42. The van der Waals surface area contributed by atoms with Crippen molar-refractivity contribution in [2.45, 2.75) is 26.2 Å². The Morgan fingerprint density at radius 3 is 1.93 bits per heavy atom. The number of nitrogens with zero attached hydrogens (tertiary/aromatic N) is 2. The van der Waals surface area contributed by atoms with E-state index < -0.39 is 0 Å². The van der Waals surface area contributed by atoms with Gasteiger partial charge < -0.3 is 18.2 Å². The Balaban J connectivity index is 1.17. The van der Waals surface area contributed by atoms with E-state index in [0.717, 1.165) is 43.9 Å². The lowest BCUT2D eigenvalue weighted by atomic mass is 9.44. The topological polar surface area (TPSA) is 34.5 Å². The molecule has 6 heteroatoms. The number of furan rings is 2.